The standard InChI is InChI=1S/C19H30ClN/c1-15-8-9-16(17(20)12-15)13-19(10-6-5-7-11-19)14-21-18(2,3)4/h8-9,12,21H,5-7,10-11,13-14H2,1-4H3. The summed E-state index contributed by atoms with van der Waals surface area (Å²) in [4.78, 5) is 0. The molecule has 0 radical (unpaired) electrons. The SMILES string of the molecule is Cc1ccc(CC2(CNC(C)(C)C)CCCCC2)c(Cl)c1. The van der Waals surface area contributed by atoms with E-state index in [1.165, 1.54) is 43.2 Å². The van der Waals surface area contributed by atoms with Crippen LogP contribution in [0.15, 0.2) is 18.2 Å². The van der Waals surface area contributed by atoms with Crippen molar-refractivity contribution in [1.29, 1.82) is 0 Å². The van der Waals surface area contributed by atoms with E-state index in [4.69, 9.17) is 11.6 Å². The van der Waals surface area contributed by atoms with Crippen LogP contribution in [0.3, 0.4) is 0 Å². The fourth-order valence-electron chi connectivity index (χ4n) is 3.37. The second-order valence-corrected chi connectivity index (χ2v) is 8.34. The number of nitrogens with one attached hydrogen (secondary N) is 1. The first kappa shape index (κ1) is 16.8. The molecular formula is C19H30ClN. The first-order valence-electron chi connectivity index (χ1n) is 8.30. The quantitative estimate of drug-likeness (QED) is 0.771. The second kappa shape index (κ2) is 6.71. The molecule has 1 nitrogen and oxygen atoms in total. The number of hydrogen-bond donors (Lipinski definition) is 1. The number of halogens is 1. The summed E-state index contributed by atoms with van der Waals surface area (Å²) in [6, 6.07) is 6.52. The molecule has 0 atom stereocenters. The van der Waals surface area contributed by atoms with Crippen molar-refractivity contribution in [2.75, 3.05) is 6.54 Å². The molecule has 1 fully saturated rings. The summed E-state index contributed by atoms with van der Waals surface area (Å²) in [5.74, 6) is 0. The average molecular weight is 308 g/mol. The zero-order chi connectivity index (χ0) is 15.5. The molecule has 0 amide bonds. The molecule has 1 N–H and O–H groups in total. The predicted molar refractivity (Wildman–Crippen MR) is 93.2 cm³/mol. The zero-order valence-corrected chi connectivity index (χ0v) is 14.8. The van der Waals surface area contributed by atoms with Gasteiger partial charge in [-0.25, -0.2) is 0 Å². The van der Waals surface area contributed by atoms with E-state index in [2.05, 4.69) is 51.2 Å². The van der Waals surface area contributed by atoms with Gasteiger partial charge >= 0.3 is 0 Å². The van der Waals surface area contributed by atoms with Crippen molar-refractivity contribution in [3.05, 3.63) is 34.3 Å². The van der Waals surface area contributed by atoms with Gasteiger partial charge in [-0.05, 0) is 69.6 Å². The lowest BCUT2D eigenvalue weighted by Crippen LogP contribution is -2.45. The average Bonchev–Trinajstić information content (AvgIpc) is 2.41. The van der Waals surface area contributed by atoms with Gasteiger partial charge in [0.1, 0.15) is 0 Å². The van der Waals surface area contributed by atoms with Crippen LogP contribution in [-0.4, -0.2) is 12.1 Å². The van der Waals surface area contributed by atoms with Crippen LogP contribution in [-0.2, 0) is 6.42 Å². The van der Waals surface area contributed by atoms with Gasteiger partial charge in [-0.1, -0.05) is 43.0 Å². The highest BCUT2D eigenvalue weighted by molar-refractivity contribution is 6.31. The molecular weight excluding hydrogens is 278 g/mol. The van der Waals surface area contributed by atoms with E-state index >= 15 is 0 Å². The van der Waals surface area contributed by atoms with Gasteiger partial charge in [-0.15, -0.1) is 0 Å². The highest BCUT2D eigenvalue weighted by Crippen LogP contribution is 2.40. The lowest BCUT2D eigenvalue weighted by molar-refractivity contribution is 0.165. The number of hydrogen-bond acceptors (Lipinski definition) is 1. The van der Waals surface area contributed by atoms with Gasteiger partial charge in [0, 0.05) is 17.1 Å². The molecule has 118 valence electrons. The largest absolute Gasteiger partial charge is 0.312 e. The Labute approximate surface area is 135 Å². The van der Waals surface area contributed by atoms with Gasteiger partial charge < -0.3 is 5.32 Å². The highest BCUT2D eigenvalue weighted by atomic mass is 35.5. The van der Waals surface area contributed by atoms with E-state index in [1.54, 1.807) is 0 Å². The summed E-state index contributed by atoms with van der Waals surface area (Å²) in [5.41, 5.74) is 3.13. The Morgan fingerprint density at radius 1 is 1.14 bits per heavy atom. The molecule has 0 heterocycles. The minimum absolute atomic E-state index is 0.182. The van der Waals surface area contributed by atoms with E-state index < -0.39 is 0 Å². The molecule has 0 aliphatic heterocycles. The molecule has 2 heteroatoms. The van der Waals surface area contributed by atoms with Crippen LogP contribution in [0.4, 0.5) is 0 Å². The number of benzene rings is 1. The predicted octanol–water partition coefficient (Wildman–Crippen LogP) is 5.53. The summed E-state index contributed by atoms with van der Waals surface area (Å²) in [5, 5.41) is 4.68. The van der Waals surface area contributed by atoms with Crippen LogP contribution >= 0.6 is 11.6 Å². The van der Waals surface area contributed by atoms with Crippen molar-refractivity contribution >= 4 is 11.6 Å². The Bertz CT molecular complexity index is 467. The van der Waals surface area contributed by atoms with Crippen LogP contribution in [0.2, 0.25) is 5.02 Å². The fraction of sp³-hybridized carbons (Fsp3) is 0.684. The van der Waals surface area contributed by atoms with E-state index in [9.17, 15) is 0 Å². The third kappa shape index (κ3) is 5.00. The summed E-state index contributed by atoms with van der Waals surface area (Å²) >= 11 is 6.48. The van der Waals surface area contributed by atoms with Gasteiger partial charge in [0.05, 0.1) is 0 Å². The summed E-state index contributed by atoms with van der Waals surface area (Å²) in [7, 11) is 0. The maximum atomic E-state index is 6.48. The monoisotopic (exact) mass is 307 g/mol. The molecule has 0 bridgehead atoms. The van der Waals surface area contributed by atoms with E-state index in [0.29, 0.717) is 5.41 Å². The molecule has 21 heavy (non-hydrogen) atoms. The van der Waals surface area contributed by atoms with Crippen LogP contribution in [0.25, 0.3) is 0 Å². The molecule has 0 aromatic heterocycles. The molecule has 0 spiro atoms. The third-order valence-corrected chi connectivity index (χ3v) is 5.03. The van der Waals surface area contributed by atoms with Crippen LogP contribution in [0.1, 0.15) is 64.0 Å². The van der Waals surface area contributed by atoms with Crippen LogP contribution in [0, 0.1) is 12.3 Å². The van der Waals surface area contributed by atoms with Gasteiger partial charge in [0.25, 0.3) is 0 Å². The first-order chi connectivity index (χ1) is 9.80. The van der Waals surface area contributed by atoms with Crippen molar-refractivity contribution in [1.82, 2.24) is 5.32 Å². The Kier molecular flexibility index (Phi) is 5.38. The third-order valence-electron chi connectivity index (χ3n) is 4.68. The molecule has 2 rings (SSSR count). The smallest absolute Gasteiger partial charge is 0.0440 e. The van der Waals surface area contributed by atoms with Gasteiger partial charge in [-0.2, -0.15) is 0 Å². The lowest BCUT2D eigenvalue weighted by Gasteiger charge is -2.40. The molecule has 1 aromatic carbocycles. The van der Waals surface area contributed by atoms with Gasteiger partial charge in [-0.3, -0.25) is 0 Å². The Hall–Kier alpha value is -0.530. The first-order valence-corrected chi connectivity index (χ1v) is 8.68. The maximum absolute atomic E-state index is 6.48. The topological polar surface area (TPSA) is 12.0 Å². The zero-order valence-electron chi connectivity index (χ0n) is 14.1. The number of aryl methyl sites for hydroxylation is 1. The molecule has 1 saturated carbocycles. The van der Waals surface area contributed by atoms with Crippen molar-refractivity contribution < 1.29 is 0 Å². The van der Waals surface area contributed by atoms with E-state index in [-0.39, 0.29) is 5.54 Å². The van der Waals surface area contributed by atoms with Gasteiger partial charge in [0.15, 0.2) is 0 Å². The Balaban J connectivity index is 2.15. The van der Waals surface area contributed by atoms with Gasteiger partial charge in [0.2, 0.25) is 0 Å². The van der Waals surface area contributed by atoms with Crippen molar-refractivity contribution in [3.8, 4) is 0 Å². The summed E-state index contributed by atoms with van der Waals surface area (Å²) in [6.07, 6.45) is 7.85. The van der Waals surface area contributed by atoms with Crippen molar-refractivity contribution in [2.24, 2.45) is 5.41 Å². The Morgan fingerprint density at radius 2 is 1.81 bits per heavy atom. The fourth-order valence-corrected chi connectivity index (χ4v) is 3.67. The van der Waals surface area contributed by atoms with Crippen LogP contribution in [0.5, 0.6) is 0 Å². The minimum atomic E-state index is 0.182. The van der Waals surface area contributed by atoms with Crippen LogP contribution < -0.4 is 5.32 Å². The maximum Gasteiger partial charge on any atom is 0.0440 e. The normalized spacial score (nSPS) is 18.7. The molecule has 1 aromatic rings. The second-order valence-electron chi connectivity index (χ2n) is 7.94. The van der Waals surface area contributed by atoms with E-state index in [1.807, 2.05) is 0 Å². The molecule has 0 unspecified atom stereocenters. The highest BCUT2D eigenvalue weighted by Gasteiger charge is 2.33. The lowest BCUT2D eigenvalue weighted by atomic mass is 9.70. The Morgan fingerprint density at radius 3 is 2.38 bits per heavy atom. The summed E-state index contributed by atoms with van der Waals surface area (Å²) in [6.45, 7) is 9.96. The van der Waals surface area contributed by atoms with E-state index in [0.717, 1.165) is 18.0 Å². The van der Waals surface area contributed by atoms with Crippen molar-refractivity contribution in [2.45, 2.75) is 71.8 Å². The van der Waals surface area contributed by atoms with Crippen molar-refractivity contribution in [3.63, 3.8) is 0 Å². The molecule has 1 aliphatic rings. The number of rotatable bonds is 4. The minimum Gasteiger partial charge on any atom is -0.312 e. The summed E-state index contributed by atoms with van der Waals surface area (Å²) < 4.78 is 0. The molecule has 0 saturated heterocycles. The molecule has 1 aliphatic carbocycles.